The Morgan fingerprint density at radius 1 is 0.218 bits per heavy atom. The topological polar surface area (TPSA) is 80.8 Å². The molecule has 10 heteroatoms. The molecule has 2 aliphatic rings. The molecule has 0 N–H and O–H groups in total. The van der Waals surface area contributed by atoms with Gasteiger partial charge in [-0.15, -0.1) is 0 Å². The summed E-state index contributed by atoms with van der Waals surface area (Å²) in [5.41, 5.74) is 26.1. The Kier molecular flexibility index (Phi) is 13.5. The summed E-state index contributed by atoms with van der Waals surface area (Å²) in [6, 6.07) is 125. The molecule has 0 bridgehead atoms. The van der Waals surface area contributed by atoms with Crippen LogP contribution in [-0.4, -0.2) is 40.8 Å². The van der Waals surface area contributed by atoms with Crippen molar-refractivity contribution in [1.29, 1.82) is 0 Å². The third-order valence-electron chi connectivity index (χ3n) is 20.2. The highest BCUT2D eigenvalue weighted by Crippen LogP contribution is 2.47. The van der Waals surface area contributed by atoms with E-state index in [-0.39, 0.29) is 6.71 Å². The van der Waals surface area contributed by atoms with Crippen molar-refractivity contribution in [2.75, 3.05) is 9.80 Å². The van der Waals surface area contributed by atoms with E-state index in [1.165, 1.54) is 44.2 Å². The van der Waals surface area contributed by atoms with Gasteiger partial charge < -0.3 is 18.9 Å². The van der Waals surface area contributed by atoms with E-state index in [9.17, 15) is 0 Å². The largest absolute Gasteiger partial charge is 0.311 e. The van der Waals surface area contributed by atoms with Crippen LogP contribution >= 0.6 is 0 Å². The molecule has 0 atom stereocenters. The molecule has 0 saturated carbocycles. The fourth-order valence-corrected chi connectivity index (χ4v) is 15.6. The SMILES string of the molecule is c1ccc(-c2cc(-c3ccc(-n4c5ccccc5c5cc6c7ccccc7n(-c7ccccc7)c6cc54)c(-c4nc(-c5ccccc5)nc(-c5ccc(-c6cccc(N7c8ccccc8B8c9ccccc9N(c9ccccc9)c9cccc7c98)c6)cc5)n4)c3)nc(-c3ccccc3)n2)cc1. The molecule has 0 spiro atoms. The number of benzene rings is 14. The van der Waals surface area contributed by atoms with E-state index in [1.54, 1.807) is 0 Å². The molecule has 20 rings (SSSR count). The van der Waals surface area contributed by atoms with Gasteiger partial charge in [0.1, 0.15) is 0 Å². The molecular formula is C91H58BN9. The quantitative estimate of drug-likeness (QED) is 0.119. The van der Waals surface area contributed by atoms with Crippen LogP contribution in [0.5, 0.6) is 0 Å². The molecule has 14 aromatic carbocycles. The molecular weight excluding hydrogens is 1230 g/mol. The fraction of sp³-hybridized carbons (Fsp3) is 0. The molecule has 0 amide bonds. The number of nitrogens with zero attached hydrogens (tertiary/aromatic N) is 9. The lowest BCUT2D eigenvalue weighted by atomic mass is 9.33. The van der Waals surface area contributed by atoms with Gasteiger partial charge in [0.15, 0.2) is 23.3 Å². The first-order chi connectivity index (χ1) is 50.1. The minimum atomic E-state index is 0.0500. The van der Waals surface area contributed by atoms with E-state index < -0.39 is 0 Å². The number of para-hydroxylation sites is 6. The molecule has 0 aliphatic carbocycles. The third kappa shape index (κ3) is 9.59. The molecule has 4 aromatic heterocycles. The van der Waals surface area contributed by atoms with E-state index >= 15 is 0 Å². The Balaban J connectivity index is 0.759. The summed E-state index contributed by atoms with van der Waals surface area (Å²) in [5.74, 6) is 2.23. The summed E-state index contributed by atoms with van der Waals surface area (Å²) in [6.07, 6.45) is 0. The highest BCUT2D eigenvalue weighted by atomic mass is 15.2. The fourth-order valence-electron chi connectivity index (χ4n) is 15.6. The first-order valence-corrected chi connectivity index (χ1v) is 34.3. The summed E-state index contributed by atoms with van der Waals surface area (Å²) in [6.45, 7) is 0.0500. The Morgan fingerprint density at radius 3 is 1.27 bits per heavy atom. The maximum Gasteiger partial charge on any atom is 0.252 e. The monoisotopic (exact) mass is 1290 g/mol. The van der Waals surface area contributed by atoms with Crippen molar-refractivity contribution >= 4 is 101 Å². The number of hydrogen-bond donors (Lipinski definition) is 0. The van der Waals surface area contributed by atoms with E-state index in [0.717, 1.165) is 117 Å². The lowest BCUT2D eigenvalue weighted by molar-refractivity contribution is 1.06. The van der Waals surface area contributed by atoms with Crippen molar-refractivity contribution in [2.24, 2.45) is 0 Å². The van der Waals surface area contributed by atoms with Crippen molar-refractivity contribution < 1.29 is 0 Å². The van der Waals surface area contributed by atoms with Crippen LogP contribution in [0, 0.1) is 0 Å². The first kappa shape index (κ1) is 57.7. The molecule has 2 aliphatic heterocycles. The van der Waals surface area contributed by atoms with E-state index in [4.69, 9.17) is 24.9 Å². The number of anilines is 6. The molecule has 9 nitrogen and oxygen atoms in total. The first-order valence-electron chi connectivity index (χ1n) is 34.3. The van der Waals surface area contributed by atoms with Crippen molar-refractivity contribution in [3.8, 4) is 90.6 Å². The van der Waals surface area contributed by atoms with Crippen LogP contribution in [0.3, 0.4) is 0 Å². The molecule has 0 unspecified atom stereocenters. The summed E-state index contributed by atoms with van der Waals surface area (Å²) in [4.78, 5) is 32.0. The number of rotatable bonds is 11. The van der Waals surface area contributed by atoms with Gasteiger partial charge in [0, 0.05) is 94.7 Å². The molecule has 0 fully saturated rings. The third-order valence-corrected chi connectivity index (χ3v) is 20.2. The van der Waals surface area contributed by atoms with Crippen LogP contribution in [-0.2, 0) is 0 Å². The van der Waals surface area contributed by atoms with Gasteiger partial charge in [0.05, 0.1) is 39.1 Å². The van der Waals surface area contributed by atoms with Crippen molar-refractivity contribution in [3.63, 3.8) is 0 Å². The lowest BCUT2D eigenvalue weighted by Gasteiger charge is -2.44. The van der Waals surface area contributed by atoms with E-state index in [2.05, 4.69) is 328 Å². The normalized spacial score (nSPS) is 12.3. The molecule has 101 heavy (non-hydrogen) atoms. The molecule has 6 heterocycles. The minimum absolute atomic E-state index is 0.0500. The standard InChI is InChI=1S/C91H58BN9/c1-6-26-60(27-7-1)76-57-77(94-88(93-76)61-28-8-2-9-29-61)65-52-53-80(101-79-43-21-17-39-70(79)72-56-71-69-38-16-20-42-78(69)98(85(71)58-86(72)101)66-33-12-4-13-34-66)73(55-65)91-96-89(62-30-10-3-11-31-62)95-90(97-91)63-50-48-59(49-51-63)64-32-24-37-68(54-64)100-82-45-23-19-41-75(82)92-74-40-18-22-44-81(74)99(67-35-14-5-15-36-67)83-46-25-47-84(100)87(83)92/h1-58H. The van der Waals surface area contributed by atoms with Crippen LogP contribution in [0.25, 0.3) is 134 Å². The second-order valence-corrected chi connectivity index (χ2v) is 25.9. The van der Waals surface area contributed by atoms with Crippen molar-refractivity contribution in [1.82, 2.24) is 34.1 Å². The lowest BCUT2D eigenvalue weighted by Crippen LogP contribution is -2.61. The number of aromatic nitrogens is 7. The van der Waals surface area contributed by atoms with Gasteiger partial charge >= 0.3 is 0 Å². The Bertz CT molecular complexity index is 6220. The second kappa shape index (κ2) is 23.6. The molecule has 0 saturated heterocycles. The predicted octanol–water partition coefficient (Wildman–Crippen LogP) is 20.6. The van der Waals surface area contributed by atoms with Crippen molar-refractivity contribution in [3.05, 3.63) is 352 Å². The van der Waals surface area contributed by atoms with Crippen LogP contribution in [0.1, 0.15) is 0 Å². The van der Waals surface area contributed by atoms with E-state index in [0.29, 0.717) is 23.3 Å². The van der Waals surface area contributed by atoms with Gasteiger partial charge in [0.25, 0.3) is 6.71 Å². The number of fused-ring (bicyclic) bond motifs is 10. The zero-order valence-electron chi connectivity index (χ0n) is 54.6. The second-order valence-electron chi connectivity index (χ2n) is 25.9. The predicted molar refractivity (Wildman–Crippen MR) is 416 cm³/mol. The van der Waals surface area contributed by atoms with Gasteiger partial charge in [-0.25, -0.2) is 24.9 Å². The van der Waals surface area contributed by atoms with Gasteiger partial charge in [-0.2, -0.15) is 0 Å². The van der Waals surface area contributed by atoms with Crippen molar-refractivity contribution in [2.45, 2.75) is 0 Å². The van der Waals surface area contributed by atoms with Crippen LogP contribution in [0.2, 0.25) is 0 Å². The highest BCUT2D eigenvalue weighted by Gasteiger charge is 2.43. The van der Waals surface area contributed by atoms with Crippen LogP contribution in [0.4, 0.5) is 34.1 Å². The van der Waals surface area contributed by atoms with Gasteiger partial charge in [-0.3, -0.25) is 0 Å². The Labute approximate surface area is 583 Å². The summed E-state index contributed by atoms with van der Waals surface area (Å²) in [7, 11) is 0. The smallest absolute Gasteiger partial charge is 0.252 e. The van der Waals surface area contributed by atoms with Crippen LogP contribution in [0.15, 0.2) is 352 Å². The van der Waals surface area contributed by atoms with E-state index in [1.807, 2.05) is 42.5 Å². The maximum absolute atomic E-state index is 5.63. The summed E-state index contributed by atoms with van der Waals surface area (Å²) >= 11 is 0. The average Bonchev–Trinajstić information content (AvgIpc) is 1.57. The molecule has 18 aromatic rings. The van der Waals surface area contributed by atoms with Gasteiger partial charge in [-0.05, 0) is 131 Å². The summed E-state index contributed by atoms with van der Waals surface area (Å²) < 4.78 is 4.80. The highest BCUT2D eigenvalue weighted by molar-refractivity contribution is 7.00. The van der Waals surface area contributed by atoms with Gasteiger partial charge in [-0.1, -0.05) is 249 Å². The molecule has 0 radical (unpaired) electrons. The molecule has 470 valence electrons. The zero-order chi connectivity index (χ0) is 66.5. The maximum atomic E-state index is 5.63. The Morgan fingerprint density at radius 2 is 0.644 bits per heavy atom. The summed E-state index contributed by atoms with van der Waals surface area (Å²) in [5, 5.41) is 4.64. The average molecular weight is 1290 g/mol. The van der Waals surface area contributed by atoms with Crippen LogP contribution < -0.4 is 26.2 Å². The number of hydrogen-bond acceptors (Lipinski definition) is 7. The van der Waals surface area contributed by atoms with Gasteiger partial charge in [0.2, 0.25) is 0 Å². The zero-order valence-corrected chi connectivity index (χ0v) is 54.6. The minimum Gasteiger partial charge on any atom is -0.311 e. The Hall–Kier alpha value is -13.6.